The van der Waals surface area contributed by atoms with Crippen molar-refractivity contribution in [3.63, 3.8) is 0 Å². The molecule has 0 radical (unpaired) electrons. The highest BCUT2D eigenvalue weighted by molar-refractivity contribution is 5.80. The lowest BCUT2D eigenvalue weighted by molar-refractivity contribution is -0.122. The van der Waals surface area contributed by atoms with Crippen molar-refractivity contribution in [2.75, 3.05) is 46.8 Å². The fourth-order valence-electron chi connectivity index (χ4n) is 3.64. The average Bonchev–Trinajstić information content (AvgIpc) is 2.75. The van der Waals surface area contributed by atoms with Gasteiger partial charge in [-0.1, -0.05) is 30.3 Å². The highest BCUT2D eigenvalue weighted by Crippen LogP contribution is 2.11. The van der Waals surface area contributed by atoms with Gasteiger partial charge in [0.2, 0.25) is 5.91 Å². The van der Waals surface area contributed by atoms with Crippen LogP contribution in [0.3, 0.4) is 0 Å². The van der Waals surface area contributed by atoms with Gasteiger partial charge in [-0.3, -0.25) is 19.6 Å². The fraction of sp³-hybridized carbons (Fsp3) is 0.652. The van der Waals surface area contributed by atoms with Gasteiger partial charge in [-0.15, -0.1) is 0 Å². The monoisotopic (exact) mass is 416 g/mol. The van der Waals surface area contributed by atoms with Crippen molar-refractivity contribution >= 4 is 11.9 Å². The summed E-state index contributed by atoms with van der Waals surface area (Å²) in [6.45, 7) is 9.33. The van der Waals surface area contributed by atoms with Crippen molar-refractivity contribution in [2.24, 2.45) is 4.99 Å². The summed E-state index contributed by atoms with van der Waals surface area (Å²) >= 11 is 0. The summed E-state index contributed by atoms with van der Waals surface area (Å²) in [5, 5.41) is 9.66. The molecule has 30 heavy (non-hydrogen) atoms. The first-order valence-electron chi connectivity index (χ1n) is 11.2. The molecule has 1 fully saturated rings. The maximum absolute atomic E-state index is 11.5. The molecule has 1 aromatic carbocycles. The topological polar surface area (TPSA) is 72.0 Å². The number of benzene rings is 1. The SMILES string of the molecule is CCNC(=NCCC(C)N(C)Cc1ccccc1)NC1CCN(CC(=O)NC)CC1. The van der Waals surface area contributed by atoms with E-state index in [0.717, 1.165) is 57.9 Å². The van der Waals surface area contributed by atoms with Crippen molar-refractivity contribution in [3.8, 4) is 0 Å². The zero-order valence-electron chi connectivity index (χ0n) is 19.2. The molecule has 1 unspecified atom stereocenters. The second kappa shape index (κ2) is 13.2. The summed E-state index contributed by atoms with van der Waals surface area (Å²) in [6.07, 6.45) is 3.07. The van der Waals surface area contributed by atoms with E-state index in [1.54, 1.807) is 7.05 Å². The van der Waals surface area contributed by atoms with Crippen molar-refractivity contribution < 1.29 is 4.79 Å². The van der Waals surface area contributed by atoms with E-state index in [0.29, 0.717) is 18.6 Å². The lowest BCUT2D eigenvalue weighted by atomic mass is 10.1. The van der Waals surface area contributed by atoms with Gasteiger partial charge in [0, 0.05) is 51.9 Å². The molecular formula is C23H40N6O. The third-order valence-corrected chi connectivity index (χ3v) is 5.76. The summed E-state index contributed by atoms with van der Waals surface area (Å²) in [4.78, 5) is 21.0. The Bertz CT molecular complexity index is 642. The molecule has 0 aromatic heterocycles. The van der Waals surface area contributed by atoms with Crippen LogP contribution >= 0.6 is 0 Å². The first-order valence-corrected chi connectivity index (χ1v) is 11.2. The molecular weight excluding hydrogens is 376 g/mol. The standard InChI is InChI=1S/C23H40N6O/c1-5-25-23(27-21-12-15-29(16-13-21)18-22(30)24-3)26-14-11-19(2)28(4)17-20-9-7-6-8-10-20/h6-10,19,21H,5,11-18H2,1-4H3,(H,24,30)(H2,25,26,27). The second-order valence-electron chi connectivity index (χ2n) is 8.17. The quantitative estimate of drug-likeness (QED) is 0.400. The number of hydrogen-bond acceptors (Lipinski definition) is 4. The third-order valence-electron chi connectivity index (χ3n) is 5.76. The van der Waals surface area contributed by atoms with E-state index in [-0.39, 0.29) is 5.91 Å². The van der Waals surface area contributed by atoms with Crippen LogP contribution in [-0.4, -0.2) is 80.6 Å². The number of guanidine groups is 1. The van der Waals surface area contributed by atoms with Gasteiger partial charge in [-0.25, -0.2) is 0 Å². The molecule has 1 atom stereocenters. The van der Waals surface area contributed by atoms with E-state index in [1.807, 2.05) is 0 Å². The Balaban J connectivity index is 1.75. The number of rotatable bonds is 10. The van der Waals surface area contributed by atoms with E-state index >= 15 is 0 Å². The van der Waals surface area contributed by atoms with Crippen LogP contribution in [0.5, 0.6) is 0 Å². The average molecular weight is 417 g/mol. The Morgan fingerprint density at radius 2 is 1.97 bits per heavy atom. The van der Waals surface area contributed by atoms with Gasteiger partial charge >= 0.3 is 0 Å². The van der Waals surface area contributed by atoms with Gasteiger partial charge in [0.05, 0.1) is 6.54 Å². The van der Waals surface area contributed by atoms with Gasteiger partial charge in [-0.05, 0) is 45.7 Å². The molecule has 7 nitrogen and oxygen atoms in total. The highest BCUT2D eigenvalue weighted by atomic mass is 16.1. The Morgan fingerprint density at radius 1 is 1.27 bits per heavy atom. The molecule has 0 saturated carbocycles. The fourth-order valence-corrected chi connectivity index (χ4v) is 3.64. The normalized spacial score (nSPS) is 17.0. The van der Waals surface area contributed by atoms with E-state index in [4.69, 9.17) is 4.99 Å². The number of hydrogen-bond donors (Lipinski definition) is 3. The van der Waals surface area contributed by atoms with Gasteiger partial charge in [0.25, 0.3) is 0 Å². The second-order valence-corrected chi connectivity index (χ2v) is 8.17. The zero-order chi connectivity index (χ0) is 21.8. The number of likely N-dealkylation sites (tertiary alicyclic amines) is 1. The predicted molar refractivity (Wildman–Crippen MR) is 125 cm³/mol. The van der Waals surface area contributed by atoms with E-state index in [1.165, 1.54) is 5.56 Å². The number of carbonyl (C=O) groups is 1. The van der Waals surface area contributed by atoms with Crippen LogP contribution in [0.4, 0.5) is 0 Å². The maximum Gasteiger partial charge on any atom is 0.233 e. The summed E-state index contributed by atoms with van der Waals surface area (Å²) in [6, 6.07) is 11.5. The van der Waals surface area contributed by atoms with Crippen LogP contribution in [-0.2, 0) is 11.3 Å². The summed E-state index contributed by atoms with van der Waals surface area (Å²) in [7, 11) is 3.87. The molecule has 1 amide bonds. The molecule has 2 rings (SSSR count). The number of carbonyl (C=O) groups excluding carboxylic acids is 1. The lowest BCUT2D eigenvalue weighted by Gasteiger charge is -2.32. The van der Waals surface area contributed by atoms with Crippen LogP contribution in [0.15, 0.2) is 35.3 Å². The maximum atomic E-state index is 11.5. The molecule has 3 N–H and O–H groups in total. The van der Waals surface area contributed by atoms with Gasteiger partial charge < -0.3 is 16.0 Å². The first-order chi connectivity index (χ1) is 14.5. The Labute approximate surface area is 182 Å². The van der Waals surface area contributed by atoms with Crippen LogP contribution in [0, 0.1) is 0 Å². The molecule has 1 aliphatic heterocycles. The minimum atomic E-state index is 0.0858. The molecule has 168 valence electrons. The summed E-state index contributed by atoms with van der Waals surface area (Å²) in [5.74, 6) is 0.989. The third kappa shape index (κ3) is 8.71. The lowest BCUT2D eigenvalue weighted by Crippen LogP contribution is -2.50. The van der Waals surface area contributed by atoms with Gasteiger partial charge in [0.1, 0.15) is 0 Å². The van der Waals surface area contributed by atoms with Gasteiger partial charge in [-0.2, -0.15) is 0 Å². The van der Waals surface area contributed by atoms with Crippen LogP contribution in [0.25, 0.3) is 0 Å². The van der Waals surface area contributed by atoms with E-state index in [9.17, 15) is 4.79 Å². The van der Waals surface area contributed by atoms with Crippen molar-refractivity contribution in [1.29, 1.82) is 0 Å². The Hall–Kier alpha value is -2.12. The van der Waals surface area contributed by atoms with Crippen LogP contribution in [0.2, 0.25) is 0 Å². The van der Waals surface area contributed by atoms with E-state index < -0.39 is 0 Å². The number of nitrogens with zero attached hydrogens (tertiary/aromatic N) is 3. The van der Waals surface area contributed by atoms with Crippen LogP contribution in [0.1, 0.15) is 38.7 Å². The highest BCUT2D eigenvalue weighted by Gasteiger charge is 2.21. The number of likely N-dealkylation sites (N-methyl/N-ethyl adjacent to an activating group) is 1. The number of amides is 1. The minimum absolute atomic E-state index is 0.0858. The van der Waals surface area contributed by atoms with Gasteiger partial charge in [0.15, 0.2) is 5.96 Å². The molecule has 1 saturated heterocycles. The smallest absolute Gasteiger partial charge is 0.233 e. The van der Waals surface area contributed by atoms with Crippen LogP contribution < -0.4 is 16.0 Å². The number of aliphatic imine (C=N–C) groups is 1. The molecule has 0 spiro atoms. The van der Waals surface area contributed by atoms with E-state index in [2.05, 4.69) is 77.0 Å². The van der Waals surface area contributed by atoms with Crippen molar-refractivity contribution in [1.82, 2.24) is 25.8 Å². The summed E-state index contributed by atoms with van der Waals surface area (Å²) in [5.41, 5.74) is 1.34. The molecule has 1 aliphatic rings. The molecule has 0 aliphatic carbocycles. The molecule has 1 aromatic rings. The Morgan fingerprint density at radius 3 is 2.60 bits per heavy atom. The zero-order valence-corrected chi connectivity index (χ0v) is 19.2. The number of piperidine rings is 1. The predicted octanol–water partition coefficient (Wildman–Crippen LogP) is 1.66. The first kappa shape index (κ1) is 24.2. The molecule has 1 heterocycles. The molecule has 0 bridgehead atoms. The largest absolute Gasteiger partial charge is 0.358 e. The Kier molecular flexibility index (Phi) is 10.7. The summed E-state index contributed by atoms with van der Waals surface area (Å²) < 4.78 is 0. The van der Waals surface area contributed by atoms with Crippen molar-refractivity contribution in [2.45, 2.75) is 51.7 Å². The number of nitrogens with one attached hydrogen (secondary N) is 3. The minimum Gasteiger partial charge on any atom is -0.358 e. The molecule has 7 heteroatoms. The van der Waals surface area contributed by atoms with Crippen molar-refractivity contribution in [3.05, 3.63) is 35.9 Å².